The third-order valence-electron chi connectivity index (χ3n) is 5.91. The van der Waals surface area contributed by atoms with Crippen molar-refractivity contribution >= 4 is 11.4 Å². The molecule has 158 valence electrons. The molecule has 0 aliphatic carbocycles. The van der Waals surface area contributed by atoms with Gasteiger partial charge in [0.1, 0.15) is 6.07 Å². The van der Waals surface area contributed by atoms with Crippen LogP contribution in [0.3, 0.4) is 0 Å². The molecule has 0 spiro atoms. The molecule has 3 aromatic rings. The lowest BCUT2D eigenvalue weighted by molar-refractivity contribution is 0.454. The van der Waals surface area contributed by atoms with Crippen molar-refractivity contribution < 1.29 is 0 Å². The summed E-state index contributed by atoms with van der Waals surface area (Å²) in [7, 11) is 1.78. The second-order valence-electron chi connectivity index (χ2n) is 8.08. The van der Waals surface area contributed by atoms with E-state index in [0.29, 0.717) is 5.56 Å². The zero-order chi connectivity index (χ0) is 21.8. The fourth-order valence-corrected chi connectivity index (χ4v) is 4.09. The van der Waals surface area contributed by atoms with Crippen molar-refractivity contribution in [1.29, 1.82) is 5.26 Å². The van der Waals surface area contributed by atoms with E-state index in [2.05, 4.69) is 41.1 Å². The molecule has 3 N–H and O–H groups in total. The molecule has 1 aliphatic heterocycles. The van der Waals surface area contributed by atoms with Crippen LogP contribution in [0.2, 0.25) is 0 Å². The van der Waals surface area contributed by atoms with Crippen LogP contribution in [0.4, 0.5) is 11.4 Å². The van der Waals surface area contributed by atoms with E-state index in [1.807, 2.05) is 48.7 Å². The number of aryl methyl sites for hydroxylation is 1. The number of anilines is 2. The number of aromatic nitrogens is 1. The number of pyridine rings is 1. The van der Waals surface area contributed by atoms with Gasteiger partial charge in [-0.05, 0) is 29.2 Å². The van der Waals surface area contributed by atoms with E-state index < -0.39 is 0 Å². The Morgan fingerprint density at radius 3 is 2.68 bits per heavy atom. The van der Waals surface area contributed by atoms with Gasteiger partial charge in [0.2, 0.25) is 5.56 Å². The van der Waals surface area contributed by atoms with E-state index in [1.54, 1.807) is 17.7 Å². The Balaban J connectivity index is 1.56. The predicted molar refractivity (Wildman–Crippen MR) is 124 cm³/mol. The first-order chi connectivity index (χ1) is 15.1. The van der Waals surface area contributed by atoms with Gasteiger partial charge in [0.05, 0.1) is 29.0 Å². The third-order valence-corrected chi connectivity index (χ3v) is 5.91. The van der Waals surface area contributed by atoms with Gasteiger partial charge in [0.25, 0.3) is 0 Å². The Morgan fingerprint density at radius 1 is 1.13 bits per heavy atom. The molecule has 0 saturated carbocycles. The summed E-state index contributed by atoms with van der Waals surface area (Å²) in [6.45, 7) is 3.65. The summed E-state index contributed by atoms with van der Waals surface area (Å²) in [5.74, 6) is 0.233. The number of nitrogens with zero attached hydrogens (tertiary/aromatic N) is 2. The van der Waals surface area contributed by atoms with Crippen LogP contribution < -0.4 is 21.5 Å². The first kappa shape index (κ1) is 20.7. The van der Waals surface area contributed by atoms with Crippen molar-refractivity contribution in [3.63, 3.8) is 0 Å². The third kappa shape index (κ3) is 4.47. The van der Waals surface area contributed by atoms with Crippen molar-refractivity contribution in [1.82, 2.24) is 9.88 Å². The summed E-state index contributed by atoms with van der Waals surface area (Å²) in [6.07, 6.45) is 1.90. The van der Waals surface area contributed by atoms with Gasteiger partial charge in [-0.2, -0.15) is 5.26 Å². The van der Waals surface area contributed by atoms with Gasteiger partial charge in [-0.3, -0.25) is 4.79 Å². The summed E-state index contributed by atoms with van der Waals surface area (Å²) in [5, 5.41) is 20.3. The highest BCUT2D eigenvalue weighted by Gasteiger charge is 2.28. The Bertz CT molecular complexity index is 1150. The molecule has 4 rings (SSSR count). The fourth-order valence-electron chi connectivity index (χ4n) is 4.09. The monoisotopic (exact) mass is 413 g/mol. The van der Waals surface area contributed by atoms with Crippen LogP contribution in [-0.4, -0.2) is 23.7 Å². The van der Waals surface area contributed by atoms with Gasteiger partial charge in [-0.1, -0.05) is 49.4 Å². The first-order valence-electron chi connectivity index (χ1n) is 10.5. The molecule has 1 aliphatic rings. The molecule has 0 fully saturated rings. The number of rotatable bonds is 6. The highest BCUT2D eigenvalue weighted by atomic mass is 16.1. The molecule has 2 aromatic carbocycles. The minimum Gasteiger partial charge on any atom is -0.381 e. The van der Waals surface area contributed by atoms with Crippen LogP contribution >= 0.6 is 0 Å². The zero-order valence-corrected chi connectivity index (χ0v) is 17.8. The Hall–Kier alpha value is -3.56. The van der Waals surface area contributed by atoms with Crippen molar-refractivity contribution in [2.45, 2.75) is 24.9 Å². The molecule has 1 aromatic heterocycles. The molecule has 0 bridgehead atoms. The average molecular weight is 414 g/mol. The molecular formula is C25H27N5O. The molecule has 0 unspecified atom stereocenters. The largest absolute Gasteiger partial charge is 0.381 e. The number of hydrogen-bond acceptors (Lipinski definition) is 5. The van der Waals surface area contributed by atoms with Gasteiger partial charge in [-0.25, -0.2) is 0 Å². The van der Waals surface area contributed by atoms with E-state index in [0.717, 1.165) is 30.0 Å². The minimum atomic E-state index is -0.00415. The molecule has 3 atom stereocenters. The first-order valence-corrected chi connectivity index (χ1v) is 10.5. The van der Waals surface area contributed by atoms with Crippen LogP contribution in [0.15, 0.2) is 71.7 Å². The van der Waals surface area contributed by atoms with Gasteiger partial charge in [-0.15, -0.1) is 0 Å². The summed E-state index contributed by atoms with van der Waals surface area (Å²) in [4.78, 5) is 11.7. The van der Waals surface area contributed by atoms with Gasteiger partial charge >= 0.3 is 0 Å². The molecule has 0 radical (unpaired) electrons. The van der Waals surface area contributed by atoms with E-state index in [9.17, 15) is 10.1 Å². The van der Waals surface area contributed by atoms with Crippen LogP contribution in [0.25, 0.3) is 0 Å². The lowest BCUT2D eigenvalue weighted by atomic mass is 9.95. The average Bonchev–Trinajstić information content (AvgIpc) is 2.81. The normalized spacial score (nSPS) is 16.9. The second-order valence-corrected chi connectivity index (χ2v) is 8.08. The number of hydrogen-bond donors (Lipinski definition) is 3. The van der Waals surface area contributed by atoms with Crippen molar-refractivity contribution in [3.8, 4) is 6.07 Å². The van der Waals surface area contributed by atoms with Crippen LogP contribution in [0.5, 0.6) is 0 Å². The van der Waals surface area contributed by atoms with Crippen LogP contribution in [-0.2, 0) is 7.05 Å². The van der Waals surface area contributed by atoms with Crippen molar-refractivity contribution in [2.75, 3.05) is 23.7 Å². The molecule has 6 nitrogen and oxygen atoms in total. The van der Waals surface area contributed by atoms with E-state index in [4.69, 9.17) is 0 Å². The molecule has 2 heterocycles. The highest BCUT2D eigenvalue weighted by molar-refractivity contribution is 5.77. The van der Waals surface area contributed by atoms with Crippen LogP contribution in [0, 0.1) is 11.3 Å². The maximum Gasteiger partial charge on any atom is 0.250 e. The highest BCUT2D eigenvalue weighted by Crippen LogP contribution is 2.33. The summed E-state index contributed by atoms with van der Waals surface area (Å²) >= 11 is 0. The number of nitriles is 1. The van der Waals surface area contributed by atoms with Crippen molar-refractivity contribution in [2.24, 2.45) is 7.05 Å². The van der Waals surface area contributed by atoms with Gasteiger partial charge < -0.3 is 20.5 Å². The van der Waals surface area contributed by atoms with E-state index >= 15 is 0 Å². The molecule has 0 saturated heterocycles. The molecule has 31 heavy (non-hydrogen) atoms. The Kier molecular flexibility index (Phi) is 6.06. The maximum atomic E-state index is 11.7. The number of benzene rings is 2. The summed E-state index contributed by atoms with van der Waals surface area (Å²) in [5.41, 5.74) is 4.76. The smallest absolute Gasteiger partial charge is 0.250 e. The number of fused-ring (bicyclic) bond motifs is 1. The summed E-state index contributed by atoms with van der Waals surface area (Å²) in [6, 6.07) is 22.0. The fraction of sp³-hybridized carbons (Fsp3) is 0.280. The lowest BCUT2D eigenvalue weighted by Crippen LogP contribution is -2.45. The van der Waals surface area contributed by atoms with Gasteiger partial charge in [0, 0.05) is 32.4 Å². The van der Waals surface area contributed by atoms with Crippen molar-refractivity contribution in [3.05, 3.63) is 93.9 Å². The quantitative estimate of drug-likeness (QED) is 0.575. The standard InChI is InChI=1S/C25H27N5O/c1-17(20-11-12-23(31)30(2)16-20)14-28-24(18-7-4-3-5-8-18)22-15-27-21-10-6-9-19(13-26)25(21)29-22/h3-12,16-17,22,24,27-29H,14-15H2,1-2H3/t17-,22+,24+/m0/s1. The predicted octanol–water partition coefficient (Wildman–Crippen LogP) is 3.60. The minimum absolute atomic E-state index is 0.00415. The maximum absolute atomic E-state index is 11.7. The molecular weight excluding hydrogens is 386 g/mol. The number of nitrogens with one attached hydrogen (secondary N) is 3. The Labute approximate surface area is 182 Å². The van der Waals surface area contributed by atoms with Gasteiger partial charge in [0.15, 0.2) is 0 Å². The van der Waals surface area contributed by atoms with E-state index in [-0.39, 0.29) is 23.6 Å². The van der Waals surface area contributed by atoms with E-state index in [1.165, 1.54) is 5.56 Å². The molecule has 0 amide bonds. The van der Waals surface area contributed by atoms with Crippen LogP contribution in [0.1, 0.15) is 35.6 Å². The topological polar surface area (TPSA) is 81.9 Å². The SMILES string of the molecule is C[C@@H](CN[C@H](c1ccccc1)[C@H]1CNc2cccc(C#N)c2N1)c1ccc(=O)n(C)c1. The lowest BCUT2D eigenvalue weighted by Gasteiger charge is -2.36. The Morgan fingerprint density at radius 2 is 1.94 bits per heavy atom. The number of para-hydroxylation sites is 1. The summed E-state index contributed by atoms with van der Waals surface area (Å²) < 4.78 is 1.62. The zero-order valence-electron chi connectivity index (χ0n) is 17.8. The molecule has 6 heteroatoms. The second kappa shape index (κ2) is 9.07.